The largest absolute Gasteiger partial charge is 0.391 e. The molecule has 0 aliphatic carbocycles. The predicted octanol–water partition coefficient (Wildman–Crippen LogP) is 3.14. The number of hydrogen-bond acceptors (Lipinski definition) is 2. The summed E-state index contributed by atoms with van der Waals surface area (Å²) in [4.78, 5) is 4.64. The summed E-state index contributed by atoms with van der Waals surface area (Å²) < 4.78 is 0.954. The van der Waals surface area contributed by atoms with Gasteiger partial charge in [-0.15, -0.1) is 0 Å². The highest BCUT2D eigenvalue weighted by Crippen LogP contribution is 2.23. The van der Waals surface area contributed by atoms with E-state index in [9.17, 15) is 5.11 Å². The van der Waals surface area contributed by atoms with Crippen molar-refractivity contribution >= 4 is 6.21 Å². The van der Waals surface area contributed by atoms with E-state index in [1.165, 1.54) is 32.1 Å². The second-order valence-electron chi connectivity index (χ2n) is 5.52. The summed E-state index contributed by atoms with van der Waals surface area (Å²) in [5.41, 5.74) is 0. The molecule has 0 bridgehead atoms. The molecule has 0 saturated heterocycles. The van der Waals surface area contributed by atoms with Gasteiger partial charge in [-0.2, -0.15) is 0 Å². The number of unbranched alkanes of at least 4 members (excludes halogenated alkanes) is 3. The molecule has 1 rings (SSSR count). The molecular weight excluding hydrogens is 236 g/mol. The Balaban J connectivity index is 2.27. The predicted molar refractivity (Wildman–Crippen MR) is 82.4 cm³/mol. The van der Waals surface area contributed by atoms with Crippen molar-refractivity contribution in [3.8, 4) is 0 Å². The molecule has 19 heavy (non-hydrogen) atoms. The Morgan fingerprint density at radius 2 is 2.00 bits per heavy atom. The summed E-state index contributed by atoms with van der Waals surface area (Å²) >= 11 is 0. The van der Waals surface area contributed by atoms with Crippen LogP contribution in [0, 0.1) is 0 Å². The Hall–Kier alpha value is -0.670. The molecule has 3 heteroatoms. The van der Waals surface area contributed by atoms with E-state index in [4.69, 9.17) is 0 Å². The van der Waals surface area contributed by atoms with Crippen LogP contribution in [0.15, 0.2) is 17.1 Å². The molecular formula is C16H31N2O+. The Labute approximate surface area is 118 Å². The SMILES string of the molecule is CCCC/C=C/CCCC1N=CC[N+]1(CC)CCO. The molecule has 1 N–H and O–H groups in total. The lowest BCUT2D eigenvalue weighted by Crippen LogP contribution is -2.53. The topological polar surface area (TPSA) is 32.6 Å². The van der Waals surface area contributed by atoms with Gasteiger partial charge in [0.15, 0.2) is 6.17 Å². The number of rotatable bonds is 10. The van der Waals surface area contributed by atoms with E-state index in [2.05, 4.69) is 37.2 Å². The molecule has 3 nitrogen and oxygen atoms in total. The Bertz CT molecular complexity index is 288. The Morgan fingerprint density at radius 1 is 1.26 bits per heavy atom. The van der Waals surface area contributed by atoms with Gasteiger partial charge in [0.25, 0.3) is 0 Å². The summed E-state index contributed by atoms with van der Waals surface area (Å²) in [5, 5.41) is 9.25. The first-order valence-corrected chi connectivity index (χ1v) is 7.92. The number of nitrogens with zero attached hydrogens (tertiary/aromatic N) is 2. The first-order chi connectivity index (χ1) is 9.29. The van der Waals surface area contributed by atoms with Crippen molar-refractivity contribution in [2.75, 3.05) is 26.2 Å². The van der Waals surface area contributed by atoms with Crippen LogP contribution in [0.1, 0.15) is 52.4 Å². The third kappa shape index (κ3) is 5.07. The molecule has 0 radical (unpaired) electrons. The number of aliphatic hydroxyl groups is 1. The lowest BCUT2D eigenvalue weighted by Gasteiger charge is -2.37. The molecule has 0 amide bonds. The highest BCUT2D eigenvalue weighted by Gasteiger charge is 2.36. The molecule has 2 unspecified atom stereocenters. The van der Waals surface area contributed by atoms with E-state index in [0.29, 0.717) is 6.17 Å². The first kappa shape index (κ1) is 16.4. The maximum Gasteiger partial charge on any atom is 0.182 e. The molecule has 2 atom stereocenters. The van der Waals surface area contributed by atoms with Gasteiger partial charge in [-0.1, -0.05) is 31.9 Å². The summed E-state index contributed by atoms with van der Waals surface area (Å²) in [7, 11) is 0. The normalized spacial score (nSPS) is 26.6. The van der Waals surface area contributed by atoms with Gasteiger partial charge in [0.05, 0.1) is 19.4 Å². The van der Waals surface area contributed by atoms with E-state index in [1.807, 2.05) is 0 Å². The zero-order chi connectivity index (χ0) is 14.0. The molecule has 0 spiro atoms. The average molecular weight is 267 g/mol. The summed E-state index contributed by atoms with van der Waals surface area (Å²) in [6, 6.07) is 0. The van der Waals surface area contributed by atoms with E-state index in [-0.39, 0.29) is 6.61 Å². The van der Waals surface area contributed by atoms with Crippen LogP contribution in [0.25, 0.3) is 0 Å². The van der Waals surface area contributed by atoms with Crippen molar-refractivity contribution < 1.29 is 9.59 Å². The standard InChI is InChI=1S/C16H31N2O/c1-3-5-6-7-8-9-10-11-16-17-12-13-18(16,4-2)14-15-19/h7-8,12,16,19H,3-6,9-11,13-15H2,1-2H3/q+1/b8-7+. The van der Waals surface area contributed by atoms with Crippen molar-refractivity contribution in [3.05, 3.63) is 12.2 Å². The minimum atomic E-state index is 0.268. The van der Waals surface area contributed by atoms with Crippen LogP contribution in [0.5, 0.6) is 0 Å². The van der Waals surface area contributed by atoms with Gasteiger partial charge in [-0.25, -0.2) is 4.99 Å². The maximum atomic E-state index is 9.25. The second-order valence-corrected chi connectivity index (χ2v) is 5.52. The summed E-state index contributed by atoms with van der Waals surface area (Å²) in [6.45, 7) is 7.61. The van der Waals surface area contributed by atoms with E-state index < -0.39 is 0 Å². The fourth-order valence-corrected chi connectivity index (χ4v) is 2.86. The molecule has 0 aromatic heterocycles. The van der Waals surface area contributed by atoms with Gasteiger partial charge in [-0.05, 0) is 26.2 Å². The third-order valence-corrected chi connectivity index (χ3v) is 4.25. The number of likely N-dealkylation sites (N-methyl/N-ethyl adjacent to an activating group) is 1. The quantitative estimate of drug-likeness (QED) is 0.368. The van der Waals surface area contributed by atoms with Gasteiger partial charge >= 0.3 is 0 Å². The minimum Gasteiger partial charge on any atom is -0.391 e. The third-order valence-electron chi connectivity index (χ3n) is 4.25. The Kier molecular flexibility index (Phi) is 7.99. The van der Waals surface area contributed by atoms with Crippen molar-refractivity contribution in [3.63, 3.8) is 0 Å². The number of hydrogen-bond donors (Lipinski definition) is 1. The fraction of sp³-hybridized carbons (Fsp3) is 0.812. The van der Waals surface area contributed by atoms with E-state index in [1.54, 1.807) is 0 Å². The summed E-state index contributed by atoms with van der Waals surface area (Å²) in [6.07, 6.45) is 14.4. The van der Waals surface area contributed by atoms with Crippen molar-refractivity contribution in [2.45, 2.75) is 58.5 Å². The summed E-state index contributed by atoms with van der Waals surface area (Å²) in [5.74, 6) is 0. The highest BCUT2D eigenvalue weighted by molar-refractivity contribution is 5.60. The van der Waals surface area contributed by atoms with Gasteiger partial charge in [0.1, 0.15) is 13.1 Å². The van der Waals surface area contributed by atoms with E-state index >= 15 is 0 Å². The number of aliphatic hydroxyl groups excluding tert-OH is 1. The van der Waals surface area contributed by atoms with Gasteiger partial charge in [0.2, 0.25) is 0 Å². The van der Waals surface area contributed by atoms with Crippen LogP contribution in [-0.4, -0.2) is 48.2 Å². The van der Waals surface area contributed by atoms with Crippen molar-refractivity contribution in [1.82, 2.24) is 0 Å². The first-order valence-electron chi connectivity index (χ1n) is 7.92. The zero-order valence-corrected chi connectivity index (χ0v) is 12.7. The number of aliphatic imine (C=N–C) groups is 1. The lowest BCUT2D eigenvalue weighted by molar-refractivity contribution is -0.936. The van der Waals surface area contributed by atoms with Crippen LogP contribution in [0.3, 0.4) is 0 Å². The maximum absolute atomic E-state index is 9.25. The molecule has 1 aliphatic heterocycles. The minimum absolute atomic E-state index is 0.268. The monoisotopic (exact) mass is 267 g/mol. The van der Waals surface area contributed by atoms with Crippen LogP contribution in [0.4, 0.5) is 0 Å². The molecule has 0 fully saturated rings. The van der Waals surface area contributed by atoms with Gasteiger partial charge in [0, 0.05) is 6.42 Å². The lowest BCUT2D eigenvalue weighted by atomic mass is 10.1. The van der Waals surface area contributed by atoms with Gasteiger partial charge < -0.3 is 5.11 Å². The number of allylic oxidation sites excluding steroid dienone is 2. The van der Waals surface area contributed by atoms with Gasteiger partial charge in [-0.3, -0.25) is 4.48 Å². The van der Waals surface area contributed by atoms with Crippen LogP contribution < -0.4 is 0 Å². The van der Waals surface area contributed by atoms with Crippen molar-refractivity contribution in [1.29, 1.82) is 0 Å². The Morgan fingerprint density at radius 3 is 2.63 bits per heavy atom. The molecule has 0 saturated carbocycles. The van der Waals surface area contributed by atoms with E-state index in [0.717, 1.165) is 30.5 Å². The highest BCUT2D eigenvalue weighted by atomic mass is 16.3. The average Bonchev–Trinajstić information content (AvgIpc) is 2.82. The molecule has 0 aromatic rings. The molecule has 110 valence electrons. The fourth-order valence-electron chi connectivity index (χ4n) is 2.86. The number of quaternary nitrogens is 1. The second kappa shape index (κ2) is 9.27. The molecule has 1 aliphatic rings. The van der Waals surface area contributed by atoms with Crippen LogP contribution in [-0.2, 0) is 0 Å². The van der Waals surface area contributed by atoms with Crippen LogP contribution in [0.2, 0.25) is 0 Å². The zero-order valence-electron chi connectivity index (χ0n) is 12.7. The molecule has 1 heterocycles. The molecule has 0 aromatic carbocycles. The van der Waals surface area contributed by atoms with Crippen LogP contribution >= 0.6 is 0 Å². The smallest absolute Gasteiger partial charge is 0.182 e. The van der Waals surface area contributed by atoms with Crippen molar-refractivity contribution in [2.24, 2.45) is 4.99 Å².